The van der Waals surface area contributed by atoms with E-state index in [9.17, 15) is 4.79 Å². The van der Waals surface area contributed by atoms with Crippen molar-refractivity contribution in [2.45, 2.75) is 26.3 Å². The lowest BCUT2D eigenvalue weighted by Gasteiger charge is -2.31. The smallest absolute Gasteiger partial charge is 0.266 e. The lowest BCUT2D eigenvalue weighted by molar-refractivity contribution is 0.334. The molecule has 0 unspecified atom stereocenters. The first-order chi connectivity index (χ1) is 9.72. The first-order valence-electron chi connectivity index (χ1n) is 6.78. The highest BCUT2D eigenvalue weighted by Crippen LogP contribution is 2.24. The van der Waals surface area contributed by atoms with Crippen LogP contribution in [0.15, 0.2) is 22.4 Å². The molecule has 0 aromatic carbocycles. The average Bonchev–Trinajstić information content (AvgIpc) is 2.98. The summed E-state index contributed by atoms with van der Waals surface area (Å²) in [5, 5.41) is 13.3. The monoisotopic (exact) mass is 291 g/mol. The fraction of sp³-hybridized carbons (Fsp3) is 0.538. The molecule has 0 atom stereocenters. The van der Waals surface area contributed by atoms with Crippen molar-refractivity contribution >= 4 is 16.5 Å². The standard InChI is InChI=1S/C13H17N5OS/c1-10-2-3-12(19)18(16-10)8-11-4-6-17(7-5-11)13-15-14-9-20-13/h2-3,9,11H,4-8H2,1H3. The van der Waals surface area contributed by atoms with E-state index in [-0.39, 0.29) is 5.56 Å². The third kappa shape index (κ3) is 2.87. The van der Waals surface area contributed by atoms with Crippen LogP contribution in [-0.2, 0) is 6.54 Å². The molecule has 106 valence electrons. The molecular weight excluding hydrogens is 274 g/mol. The Labute approximate surface area is 121 Å². The minimum Gasteiger partial charge on any atom is -0.347 e. The Hall–Kier alpha value is -1.76. The topological polar surface area (TPSA) is 63.9 Å². The minimum absolute atomic E-state index is 0.0119. The molecule has 0 spiro atoms. The van der Waals surface area contributed by atoms with Gasteiger partial charge >= 0.3 is 0 Å². The van der Waals surface area contributed by atoms with E-state index in [1.807, 2.05) is 6.92 Å². The number of rotatable bonds is 3. The van der Waals surface area contributed by atoms with E-state index in [0.29, 0.717) is 12.5 Å². The highest BCUT2D eigenvalue weighted by Gasteiger charge is 2.21. The number of hydrogen-bond donors (Lipinski definition) is 0. The van der Waals surface area contributed by atoms with E-state index < -0.39 is 0 Å². The van der Waals surface area contributed by atoms with Crippen LogP contribution in [0, 0.1) is 12.8 Å². The molecule has 0 amide bonds. The summed E-state index contributed by atoms with van der Waals surface area (Å²) in [4.78, 5) is 14.0. The number of hydrogen-bond acceptors (Lipinski definition) is 6. The zero-order valence-corrected chi connectivity index (χ0v) is 12.2. The van der Waals surface area contributed by atoms with Gasteiger partial charge in [-0.25, -0.2) is 4.68 Å². The molecule has 2 aromatic rings. The normalized spacial score (nSPS) is 16.6. The first-order valence-corrected chi connectivity index (χ1v) is 7.66. The molecule has 6 nitrogen and oxygen atoms in total. The van der Waals surface area contributed by atoms with Gasteiger partial charge in [0, 0.05) is 25.7 Å². The summed E-state index contributed by atoms with van der Waals surface area (Å²) in [6, 6.07) is 3.36. The van der Waals surface area contributed by atoms with Gasteiger partial charge in [-0.05, 0) is 31.7 Å². The Kier molecular flexibility index (Phi) is 3.77. The van der Waals surface area contributed by atoms with Crippen molar-refractivity contribution in [2.24, 2.45) is 5.92 Å². The van der Waals surface area contributed by atoms with Crippen LogP contribution in [0.3, 0.4) is 0 Å². The van der Waals surface area contributed by atoms with Gasteiger partial charge < -0.3 is 4.90 Å². The van der Waals surface area contributed by atoms with Crippen LogP contribution in [-0.4, -0.2) is 33.1 Å². The third-order valence-electron chi connectivity index (χ3n) is 3.66. The molecule has 1 aliphatic heterocycles. The minimum atomic E-state index is -0.0119. The Morgan fingerprint density at radius 3 is 2.85 bits per heavy atom. The van der Waals surface area contributed by atoms with Gasteiger partial charge in [-0.2, -0.15) is 5.10 Å². The van der Waals surface area contributed by atoms with E-state index in [0.717, 1.165) is 36.8 Å². The largest absolute Gasteiger partial charge is 0.347 e. The van der Waals surface area contributed by atoms with Crippen LogP contribution in [0.4, 0.5) is 5.13 Å². The quantitative estimate of drug-likeness (QED) is 0.853. The number of aromatic nitrogens is 4. The van der Waals surface area contributed by atoms with Crippen molar-refractivity contribution < 1.29 is 0 Å². The van der Waals surface area contributed by atoms with Gasteiger partial charge in [0.15, 0.2) is 0 Å². The predicted octanol–water partition coefficient (Wildman–Crippen LogP) is 1.32. The molecule has 0 aliphatic carbocycles. The molecule has 20 heavy (non-hydrogen) atoms. The Balaban J connectivity index is 1.61. The van der Waals surface area contributed by atoms with Crippen LogP contribution in [0.1, 0.15) is 18.5 Å². The lowest BCUT2D eigenvalue weighted by atomic mass is 9.97. The Morgan fingerprint density at radius 2 is 2.15 bits per heavy atom. The summed E-state index contributed by atoms with van der Waals surface area (Å²) >= 11 is 1.58. The van der Waals surface area contributed by atoms with Gasteiger partial charge in [-0.3, -0.25) is 4.79 Å². The SMILES string of the molecule is Cc1ccc(=O)n(CC2CCN(c3nncs3)CC2)n1. The van der Waals surface area contributed by atoms with Gasteiger partial charge in [-0.15, -0.1) is 10.2 Å². The summed E-state index contributed by atoms with van der Waals surface area (Å²) < 4.78 is 1.60. The fourth-order valence-corrected chi connectivity index (χ4v) is 3.15. The zero-order chi connectivity index (χ0) is 13.9. The highest BCUT2D eigenvalue weighted by molar-refractivity contribution is 7.13. The van der Waals surface area contributed by atoms with Crippen LogP contribution in [0.25, 0.3) is 0 Å². The molecule has 0 N–H and O–H groups in total. The van der Waals surface area contributed by atoms with Crippen molar-refractivity contribution in [3.63, 3.8) is 0 Å². The van der Waals surface area contributed by atoms with Crippen LogP contribution in [0.2, 0.25) is 0 Å². The highest BCUT2D eigenvalue weighted by atomic mass is 32.1. The van der Waals surface area contributed by atoms with Gasteiger partial charge in [0.05, 0.1) is 5.69 Å². The second-order valence-electron chi connectivity index (χ2n) is 5.15. The maximum atomic E-state index is 11.8. The molecular formula is C13H17N5OS. The van der Waals surface area contributed by atoms with Crippen LogP contribution >= 0.6 is 11.3 Å². The summed E-state index contributed by atoms with van der Waals surface area (Å²) in [6.45, 7) is 4.57. The molecule has 2 aromatic heterocycles. The number of piperidine rings is 1. The molecule has 3 rings (SSSR count). The second kappa shape index (κ2) is 5.70. The maximum Gasteiger partial charge on any atom is 0.266 e. The molecule has 7 heteroatoms. The Morgan fingerprint density at radius 1 is 1.35 bits per heavy atom. The van der Waals surface area contributed by atoms with E-state index in [2.05, 4.69) is 20.2 Å². The lowest BCUT2D eigenvalue weighted by Crippen LogP contribution is -2.36. The van der Waals surface area contributed by atoms with Crippen molar-refractivity contribution in [2.75, 3.05) is 18.0 Å². The molecule has 1 aliphatic rings. The number of aryl methyl sites for hydroxylation is 1. The fourth-order valence-electron chi connectivity index (χ4n) is 2.54. The Bertz CT molecular complexity index is 616. The van der Waals surface area contributed by atoms with Gasteiger partial charge in [0.25, 0.3) is 5.56 Å². The molecule has 0 bridgehead atoms. The van der Waals surface area contributed by atoms with E-state index in [4.69, 9.17) is 0 Å². The first kappa shape index (κ1) is 13.2. The van der Waals surface area contributed by atoms with Gasteiger partial charge in [0.2, 0.25) is 5.13 Å². The average molecular weight is 291 g/mol. The third-order valence-corrected chi connectivity index (χ3v) is 4.42. The number of anilines is 1. The van der Waals surface area contributed by atoms with E-state index in [1.54, 1.807) is 33.7 Å². The number of nitrogens with zero attached hydrogens (tertiary/aromatic N) is 5. The molecule has 1 fully saturated rings. The predicted molar refractivity (Wildman–Crippen MR) is 78.1 cm³/mol. The zero-order valence-electron chi connectivity index (χ0n) is 11.4. The van der Waals surface area contributed by atoms with Crippen molar-refractivity contribution in [1.82, 2.24) is 20.0 Å². The van der Waals surface area contributed by atoms with Gasteiger partial charge in [-0.1, -0.05) is 11.3 Å². The van der Waals surface area contributed by atoms with E-state index in [1.165, 1.54) is 0 Å². The van der Waals surface area contributed by atoms with Crippen LogP contribution < -0.4 is 10.5 Å². The molecule has 0 saturated carbocycles. The summed E-state index contributed by atoms with van der Waals surface area (Å²) in [7, 11) is 0. The molecule has 3 heterocycles. The summed E-state index contributed by atoms with van der Waals surface area (Å²) in [5.41, 5.74) is 2.63. The molecule has 0 radical (unpaired) electrons. The second-order valence-corrected chi connectivity index (χ2v) is 5.96. The summed E-state index contributed by atoms with van der Waals surface area (Å²) in [6.07, 6.45) is 2.11. The van der Waals surface area contributed by atoms with Gasteiger partial charge in [0.1, 0.15) is 5.51 Å². The van der Waals surface area contributed by atoms with Crippen molar-refractivity contribution in [3.8, 4) is 0 Å². The van der Waals surface area contributed by atoms with Crippen LogP contribution in [0.5, 0.6) is 0 Å². The summed E-state index contributed by atoms with van der Waals surface area (Å²) in [5.74, 6) is 0.506. The molecule has 1 saturated heterocycles. The van der Waals surface area contributed by atoms with Crippen molar-refractivity contribution in [1.29, 1.82) is 0 Å². The van der Waals surface area contributed by atoms with Crippen molar-refractivity contribution in [3.05, 3.63) is 33.7 Å². The van der Waals surface area contributed by atoms with E-state index >= 15 is 0 Å². The maximum absolute atomic E-state index is 11.8.